The Hall–Kier alpha value is -2.90. The number of aromatic amines is 1. The number of rotatable bonds is 6. The fourth-order valence-corrected chi connectivity index (χ4v) is 4.33. The molecule has 4 amide bonds. The smallest absolute Gasteiger partial charge is 0.325 e. The molecule has 2 fully saturated rings. The summed E-state index contributed by atoms with van der Waals surface area (Å²) in [6.45, 7) is 4.11. The molecule has 1 aromatic heterocycles. The van der Waals surface area contributed by atoms with Crippen molar-refractivity contribution in [2.24, 2.45) is 5.92 Å². The van der Waals surface area contributed by atoms with Crippen LogP contribution in [0.25, 0.3) is 11.0 Å². The van der Waals surface area contributed by atoms with Crippen molar-refractivity contribution in [3.05, 3.63) is 30.1 Å². The number of nitrogens with one attached hydrogen (secondary N) is 3. The number of carbonyl (C=O) groups is 3. The van der Waals surface area contributed by atoms with Gasteiger partial charge in [0, 0.05) is 13.0 Å². The van der Waals surface area contributed by atoms with Gasteiger partial charge >= 0.3 is 6.03 Å². The van der Waals surface area contributed by atoms with E-state index in [4.69, 9.17) is 0 Å². The number of carbonyl (C=O) groups excluding carboxylic acids is 3. The molecule has 1 aromatic carbocycles. The lowest BCUT2D eigenvalue weighted by Gasteiger charge is -2.22. The largest absolute Gasteiger partial charge is 0.346 e. The molecule has 0 radical (unpaired) electrons. The van der Waals surface area contributed by atoms with E-state index in [1.54, 1.807) is 0 Å². The van der Waals surface area contributed by atoms with Crippen LogP contribution in [0.2, 0.25) is 0 Å². The number of fused-ring (bicyclic) bond motifs is 1. The third kappa shape index (κ3) is 3.59. The molecule has 1 atom stereocenters. The lowest BCUT2D eigenvalue weighted by molar-refractivity contribution is -0.131. The van der Waals surface area contributed by atoms with Gasteiger partial charge < -0.3 is 15.6 Å². The molecule has 1 saturated heterocycles. The van der Waals surface area contributed by atoms with Gasteiger partial charge in [-0.3, -0.25) is 14.5 Å². The second-order valence-electron chi connectivity index (χ2n) is 8.35. The van der Waals surface area contributed by atoms with Gasteiger partial charge in [-0.05, 0) is 30.9 Å². The molecule has 1 spiro atoms. The number of hydrogen-bond acceptors (Lipinski definition) is 4. The number of aromatic nitrogens is 2. The van der Waals surface area contributed by atoms with Gasteiger partial charge in [-0.15, -0.1) is 0 Å². The molecule has 3 N–H and O–H groups in total. The lowest BCUT2D eigenvalue weighted by Crippen LogP contribution is -2.44. The van der Waals surface area contributed by atoms with Crippen LogP contribution in [-0.4, -0.2) is 44.8 Å². The Labute approximate surface area is 169 Å². The minimum atomic E-state index is -0.734. The predicted molar refractivity (Wildman–Crippen MR) is 108 cm³/mol. The standard InChI is InChI=1S/C21H27N5O3/c1-13(2)17(18-22-14-7-3-4-8-15(14)23-18)24-16(27)9-12-26-19(28)21(25-20(26)29)10-5-6-11-21/h3-4,7-8,13,17H,5-6,9-12H2,1-2H3,(H,22,23)(H,24,27)(H,25,29)/t17-/m1/s1. The van der Waals surface area contributed by atoms with Crippen molar-refractivity contribution in [2.75, 3.05) is 6.54 Å². The van der Waals surface area contributed by atoms with Gasteiger partial charge in [-0.1, -0.05) is 38.8 Å². The van der Waals surface area contributed by atoms with Gasteiger partial charge in [-0.25, -0.2) is 9.78 Å². The van der Waals surface area contributed by atoms with Crippen molar-refractivity contribution >= 4 is 28.9 Å². The first-order valence-electron chi connectivity index (χ1n) is 10.3. The third-order valence-corrected chi connectivity index (χ3v) is 5.95. The maximum Gasteiger partial charge on any atom is 0.325 e. The minimum absolute atomic E-state index is 0.0681. The number of urea groups is 1. The van der Waals surface area contributed by atoms with Crippen LogP contribution >= 0.6 is 0 Å². The van der Waals surface area contributed by atoms with Crippen LogP contribution in [0.5, 0.6) is 0 Å². The summed E-state index contributed by atoms with van der Waals surface area (Å²) in [4.78, 5) is 46.6. The molecule has 2 aromatic rings. The van der Waals surface area contributed by atoms with E-state index < -0.39 is 5.54 Å². The molecule has 4 rings (SSSR count). The Morgan fingerprint density at radius 2 is 1.97 bits per heavy atom. The fourth-order valence-electron chi connectivity index (χ4n) is 4.33. The molecule has 2 aliphatic rings. The molecule has 1 saturated carbocycles. The summed E-state index contributed by atoms with van der Waals surface area (Å²) in [5.41, 5.74) is 1.04. The van der Waals surface area contributed by atoms with Crippen molar-refractivity contribution in [3.63, 3.8) is 0 Å². The monoisotopic (exact) mass is 397 g/mol. The van der Waals surface area contributed by atoms with Crippen LogP contribution in [0.1, 0.15) is 57.8 Å². The minimum Gasteiger partial charge on any atom is -0.346 e. The molecule has 154 valence electrons. The zero-order valence-corrected chi connectivity index (χ0v) is 16.8. The number of para-hydroxylation sites is 2. The molecule has 0 unspecified atom stereocenters. The van der Waals surface area contributed by atoms with Crippen LogP contribution in [-0.2, 0) is 9.59 Å². The highest BCUT2D eigenvalue weighted by Crippen LogP contribution is 2.35. The van der Waals surface area contributed by atoms with E-state index in [0.29, 0.717) is 18.7 Å². The summed E-state index contributed by atoms with van der Waals surface area (Å²) in [7, 11) is 0. The van der Waals surface area contributed by atoms with E-state index in [0.717, 1.165) is 23.9 Å². The molecule has 2 heterocycles. The number of imide groups is 1. The highest BCUT2D eigenvalue weighted by Gasteiger charge is 2.52. The van der Waals surface area contributed by atoms with Crippen LogP contribution in [0.15, 0.2) is 24.3 Å². The van der Waals surface area contributed by atoms with E-state index in [1.807, 2.05) is 38.1 Å². The van der Waals surface area contributed by atoms with Gasteiger partial charge in [-0.2, -0.15) is 0 Å². The summed E-state index contributed by atoms with van der Waals surface area (Å²) >= 11 is 0. The highest BCUT2D eigenvalue weighted by molar-refractivity contribution is 6.07. The summed E-state index contributed by atoms with van der Waals surface area (Å²) in [6, 6.07) is 7.06. The van der Waals surface area contributed by atoms with Crippen molar-refractivity contribution < 1.29 is 14.4 Å². The lowest BCUT2D eigenvalue weighted by atomic mass is 9.98. The molecule has 1 aliphatic heterocycles. The Morgan fingerprint density at radius 1 is 1.24 bits per heavy atom. The molecule has 29 heavy (non-hydrogen) atoms. The maximum atomic E-state index is 12.7. The average molecular weight is 397 g/mol. The van der Waals surface area contributed by atoms with Crippen LogP contribution < -0.4 is 10.6 Å². The quantitative estimate of drug-likeness (QED) is 0.651. The number of amides is 4. The van der Waals surface area contributed by atoms with Gasteiger partial charge in [0.1, 0.15) is 11.4 Å². The van der Waals surface area contributed by atoms with E-state index >= 15 is 0 Å². The normalized spacial score (nSPS) is 19.3. The van der Waals surface area contributed by atoms with Crippen molar-refractivity contribution in [1.29, 1.82) is 0 Å². The Kier molecular flexibility index (Phi) is 5.02. The molecule has 1 aliphatic carbocycles. The van der Waals surface area contributed by atoms with Gasteiger partial charge in [0.05, 0.1) is 17.1 Å². The number of imidazole rings is 1. The predicted octanol–water partition coefficient (Wildman–Crippen LogP) is 2.63. The Morgan fingerprint density at radius 3 is 2.66 bits per heavy atom. The second kappa shape index (κ2) is 7.50. The zero-order valence-electron chi connectivity index (χ0n) is 16.8. The average Bonchev–Trinajstić information content (AvgIpc) is 3.37. The molecule has 0 bridgehead atoms. The van der Waals surface area contributed by atoms with Gasteiger partial charge in [0.15, 0.2) is 0 Å². The molecular weight excluding hydrogens is 370 g/mol. The molecule has 8 heteroatoms. The molecule has 8 nitrogen and oxygen atoms in total. The Balaban J connectivity index is 1.40. The summed E-state index contributed by atoms with van der Waals surface area (Å²) in [5.74, 6) is 0.426. The van der Waals surface area contributed by atoms with Crippen molar-refractivity contribution in [2.45, 2.75) is 57.5 Å². The Bertz CT molecular complexity index is 912. The maximum absolute atomic E-state index is 12.7. The van der Waals surface area contributed by atoms with Gasteiger partial charge in [0.25, 0.3) is 5.91 Å². The number of hydrogen-bond donors (Lipinski definition) is 3. The zero-order chi connectivity index (χ0) is 20.6. The summed E-state index contributed by atoms with van der Waals surface area (Å²) < 4.78 is 0. The van der Waals surface area contributed by atoms with Gasteiger partial charge in [0.2, 0.25) is 5.91 Å². The van der Waals surface area contributed by atoms with Crippen LogP contribution in [0.4, 0.5) is 4.79 Å². The first kappa shape index (κ1) is 19.4. The number of nitrogens with zero attached hydrogens (tertiary/aromatic N) is 2. The van der Waals surface area contributed by atoms with Crippen LogP contribution in [0.3, 0.4) is 0 Å². The second-order valence-corrected chi connectivity index (χ2v) is 8.35. The van der Waals surface area contributed by atoms with Crippen LogP contribution in [0, 0.1) is 5.92 Å². The molecular formula is C21H27N5O3. The fraction of sp³-hybridized carbons (Fsp3) is 0.524. The van der Waals surface area contributed by atoms with E-state index in [2.05, 4.69) is 20.6 Å². The SMILES string of the molecule is CC(C)[C@@H](NC(=O)CCN1C(=O)NC2(CCCC2)C1=O)c1nc2ccccc2[nH]1. The third-order valence-electron chi connectivity index (χ3n) is 5.95. The first-order valence-corrected chi connectivity index (χ1v) is 10.3. The first-order chi connectivity index (χ1) is 13.9. The topological polar surface area (TPSA) is 107 Å². The highest BCUT2D eigenvalue weighted by atomic mass is 16.2. The van der Waals surface area contributed by atoms with Crippen molar-refractivity contribution in [1.82, 2.24) is 25.5 Å². The summed E-state index contributed by atoms with van der Waals surface area (Å²) in [6.07, 6.45) is 3.31. The van der Waals surface area contributed by atoms with E-state index in [1.165, 1.54) is 4.90 Å². The van der Waals surface area contributed by atoms with E-state index in [9.17, 15) is 14.4 Å². The number of H-pyrrole nitrogens is 1. The number of benzene rings is 1. The summed E-state index contributed by atoms with van der Waals surface area (Å²) in [5, 5.41) is 5.85. The van der Waals surface area contributed by atoms with E-state index in [-0.39, 0.29) is 42.8 Å². The van der Waals surface area contributed by atoms with Crippen molar-refractivity contribution in [3.8, 4) is 0 Å².